The standard InChI is InChI=1S/C16H14ClN3O5/c1-24-12-4-5-13(15(8-12)25-2)16(21)19-18-9-10-7-11(20(22)23)3-6-14(10)17/h3-9H,1-2H3,(H,19,21). The largest absolute Gasteiger partial charge is 0.497 e. The predicted octanol–water partition coefficient (Wildman–Crippen LogP) is 3.03. The van der Waals surface area contributed by atoms with Gasteiger partial charge in [-0.05, 0) is 18.2 Å². The van der Waals surface area contributed by atoms with E-state index < -0.39 is 10.8 Å². The quantitative estimate of drug-likeness (QED) is 0.482. The molecule has 0 aliphatic carbocycles. The van der Waals surface area contributed by atoms with Crippen molar-refractivity contribution in [3.05, 3.63) is 62.7 Å². The number of methoxy groups -OCH3 is 2. The molecule has 0 aliphatic rings. The van der Waals surface area contributed by atoms with Crippen molar-refractivity contribution < 1.29 is 19.2 Å². The topological polar surface area (TPSA) is 103 Å². The number of carbonyl (C=O) groups excluding carboxylic acids is 1. The molecular formula is C16H14ClN3O5. The van der Waals surface area contributed by atoms with Crippen molar-refractivity contribution in [2.45, 2.75) is 0 Å². The number of nitrogens with zero attached hydrogens (tertiary/aromatic N) is 2. The second kappa shape index (κ2) is 8.11. The van der Waals surface area contributed by atoms with E-state index >= 15 is 0 Å². The molecule has 0 aromatic heterocycles. The normalized spacial score (nSPS) is 10.5. The molecule has 0 fully saturated rings. The molecule has 130 valence electrons. The molecule has 2 rings (SSSR count). The van der Waals surface area contributed by atoms with E-state index in [-0.39, 0.29) is 16.3 Å². The van der Waals surface area contributed by atoms with Crippen LogP contribution in [0.3, 0.4) is 0 Å². The number of rotatable bonds is 6. The number of carbonyl (C=O) groups is 1. The Morgan fingerprint density at radius 1 is 1.24 bits per heavy atom. The second-order valence-corrected chi connectivity index (χ2v) is 5.14. The number of benzene rings is 2. The molecule has 0 aliphatic heterocycles. The average molecular weight is 364 g/mol. The number of amides is 1. The van der Waals surface area contributed by atoms with Gasteiger partial charge in [-0.3, -0.25) is 14.9 Å². The molecular weight excluding hydrogens is 350 g/mol. The van der Waals surface area contributed by atoms with Crippen LogP contribution in [0.15, 0.2) is 41.5 Å². The number of halogens is 1. The molecule has 1 N–H and O–H groups in total. The lowest BCUT2D eigenvalue weighted by Gasteiger charge is -2.08. The van der Waals surface area contributed by atoms with Gasteiger partial charge in [0.25, 0.3) is 11.6 Å². The van der Waals surface area contributed by atoms with Crippen molar-refractivity contribution in [1.82, 2.24) is 5.43 Å². The first-order chi connectivity index (χ1) is 12.0. The molecule has 25 heavy (non-hydrogen) atoms. The summed E-state index contributed by atoms with van der Waals surface area (Å²) in [5, 5.41) is 14.8. The number of nitro groups is 1. The lowest BCUT2D eigenvalue weighted by Crippen LogP contribution is -2.18. The highest BCUT2D eigenvalue weighted by Crippen LogP contribution is 2.24. The number of nitrogens with one attached hydrogen (secondary N) is 1. The van der Waals surface area contributed by atoms with Crippen LogP contribution in [0.4, 0.5) is 5.69 Å². The lowest BCUT2D eigenvalue weighted by molar-refractivity contribution is -0.384. The summed E-state index contributed by atoms with van der Waals surface area (Å²) in [4.78, 5) is 22.4. The Morgan fingerprint density at radius 2 is 2.00 bits per heavy atom. The third-order valence-electron chi connectivity index (χ3n) is 3.21. The van der Waals surface area contributed by atoms with E-state index in [0.717, 1.165) is 0 Å². The van der Waals surface area contributed by atoms with Crippen LogP contribution >= 0.6 is 11.6 Å². The molecule has 0 heterocycles. The van der Waals surface area contributed by atoms with Crippen LogP contribution in [0.5, 0.6) is 11.5 Å². The van der Waals surface area contributed by atoms with Gasteiger partial charge >= 0.3 is 0 Å². The predicted molar refractivity (Wildman–Crippen MR) is 92.7 cm³/mol. The monoisotopic (exact) mass is 363 g/mol. The Bertz CT molecular complexity index is 839. The molecule has 0 radical (unpaired) electrons. The van der Waals surface area contributed by atoms with Gasteiger partial charge in [-0.2, -0.15) is 5.10 Å². The van der Waals surface area contributed by atoms with Crippen LogP contribution in [0, 0.1) is 10.1 Å². The maximum Gasteiger partial charge on any atom is 0.275 e. The molecule has 0 saturated heterocycles. The van der Waals surface area contributed by atoms with Gasteiger partial charge in [0.15, 0.2) is 0 Å². The van der Waals surface area contributed by atoms with Gasteiger partial charge in [0.2, 0.25) is 0 Å². The summed E-state index contributed by atoms with van der Waals surface area (Å²) in [7, 11) is 2.93. The summed E-state index contributed by atoms with van der Waals surface area (Å²) in [6.07, 6.45) is 1.23. The van der Waals surface area contributed by atoms with Gasteiger partial charge in [-0.1, -0.05) is 11.6 Å². The first-order valence-electron chi connectivity index (χ1n) is 6.95. The maximum absolute atomic E-state index is 12.2. The molecule has 0 atom stereocenters. The summed E-state index contributed by atoms with van der Waals surface area (Å²) in [5.74, 6) is 0.345. The molecule has 2 aromatic rings. The zero-order valence-electron chi connectivity index (χ0n) is 13.4. The third-order valence-corrected chi connectivity index (χ3v) is 3.56. The van der Waals surface area contributed by atoms with Crippen molar-refractivity contribution in [3.63, 3.8) is 0 Å². The summed E-state index contributed by atoms with van der Waals surface area (Å²) >= 11 is 5.95. The first-order valence-corrected chi connectivity index (χ1v) is 7.33. The molecule has 8 nitrogen and oxygen atoms in total. The molecule has 0 bridgehead atoms. The zero-order valence-corrected chi connectivity index (χ0v) is 14.1. The SMILES string of the molecule is COc1ccc(C(=O)NN=Cc2cc([N+](=O)[O-])ccc2Cl)c(OC)c1. The van der Waals surface area contributed by atoms with E-state index in [4.69, 9.17) is 21.1 Å². The summed E-state index contributed by atoms with van der Waals surface area (Å²) in [5.41, 5.74) is 2.74. The van der Waals surface area contributed by atoms with Crippen molar-refractivity contribution in [2.24, 2.45) is 5.10 Å². The summed E-state index contributed by atoms with van der Waals surface area (Å²) < 4.78 is 10.2. The number of hydrogen-bond donors (Lipinski definition) is 1. The van der Waals surface area contributed by atoms with E-state index in [1.54, 1.807) is 12.1 Å². The van der Waals surface area contributed by atoms with Gasteiger partial charge in [-0.15, -0.1) is 0 Å². The van der Waals surface area contributed by atoms with Crippen molar-refractivity contribution in [1.29, 1.82) is 0 Å². The Balaban J connectivity index is 2.16. The molecule has 2 aromatic carbocycles. The molecule has 9 heteroatoms. The van der Waals surface area contributed by atoms with E-state index in [2.05, 4.69) is 10.5 Å². The van der Waals surface area contributed by atoms with Crippen LogP contribution in [-0.2, 0) is 0 Å². The van der Waals surface area contributed by atoms with Gasteiger partial charge in [0.05, 0.1) is 30.9 Å². The average Bonchev–Trinajstić information content (AvgIpc) is 2.62. The van der Waals surface area contributed by atoms with Gasteiger partial charge in [0, 0.05) is 28.8 Å². The van der Waals surface area contributed by atoms with E-state index in [1.807, 2.05) is 0 Å². The zero-order chi connectivity index (χ0) is 18.4. The Kier molecular flexibility index (Phi) is 5.91. The lowest BCUT2D eigenvalue weighted by atomic mass is 10.2. The number of non-ortho nitro benzene ring substituents is 1. The van der Waals surface area contributed by atoms with Crippen LogP contribution in [-0.4, -0.2) is 31.3 Å². The Hall–Kier alpha value is -3.13. The molecule has 0 unspecified atom stereocenters. The number of ether oxygens (including phenoxy) is 2. The van der Waals surface area contributed by atoms with E-state index in [1.165, 1.54) is 44.7 Å². The summed E-state index contributed by atoms with van der Waals surface area (Å²) in [6, 6.07) is 8.62. The third kappa shape index (κ3) is 4.45. The smallest absolute Gasteiger partial charge is 0.275 e. The molecule has 0 saturated carbocycles. The van der Waals surface area contributed by atoms with Crippen molar-refractivity contribution in [2.75, 3.05) is 14.2 Å². The Labute approximate surface area is 148 Å². The van der Waals surface area contributed by atoms with Crippen molar-refractivity contribution in [3.8, 4) is 11.5 Å². The number of hydrogen-bond acceptors (Lipinski definition) is 6. The fourth-order valence-electron chi connectivity index (χ4n) is 1.95. The molecule has 1 amide bonds. The fourth-order valence-corrected chi connectivity index (χ4v) is 2.12. The van der Waals surface area contributed by atoms with Crippen LogP contribution in [0.1, 0.15) is 15.9 Å². The summed E-state index contributed by atoms with van der Waals surface area (Å²) in [6.45, 7) is 0. The van der Waals surface area contributed by atoms with Crippen molar-refractivity contribution >= 4 is 29.4 Å². The fraction of sp³-hybridized carbons (Fsp3) is 0.125. The van der Waals surface area contributed by atoms with Gasteiger partial charge < -0.3 is 9.47 Å². The van der Waals surface area contributed by atoms with Gasteiger partial charge in [-0.25, -0.2) is 5.43 Å². The minimum atomic E-state index is -0.547. The Morgan fingerprint density at radius 3 is 2.64 bits per heavy atom. The number of hydrazone groups is 1. The van der Waals surface area contributed by atoms with E-state index in [0.29, 0.717) is 17.1 Å². The number of nitro benzene ring substituents is 1. The van der Waals surface area contributed by atoms with Crippen LogP contribution in [0.25, 0.3) is 0 Å². The first kappa shape index (κ1) is 18.2. The highest BCUT2D eigenvalue weighted by Gasteiger charge is 2.13. The maximum atomic E-state index is 12.2. The van der Waals surface area contributed by atoms with E-state index in [9.17, 15) is 14.9 Å². The van der Waals surface area contributed by atoms with Gasteiger partial charge in [0.1, 0.15) is 11.5 Å². The highest BCUT2D eigenvalue weighted by atomic mass is 35.5. The second-order valence-electron chi connectivity index (χ2n) is 4.73. The molecule has 0 spiro atoms. The van der Waals surface area contributed by atoms with Crippen LogP contribution in [0.2, 0.25) is 5.02 Å². The highest BCUT2D eigenvalue weighted by molar-refractivity contribution is 6.33. The minimum Gasteiger partial charge on any atom is -0.497 e. The van der Waals surface area contributed by atoms with Crippen LogP contribution < -0.4 is 14.9 Å². The minimum absolute atomic E-state index is 0.131.